The molecule has 1 aromatic heterocycles. The summed E-state index contributed by atoms with van der Waals surface area (Å²) in [6.07, 6.45) is 0.207. The zero-order chi connectivity index (χ0) is 29.1. The normalized spacial score (nSPS) is 14.7. The summed E-state index contributed by atoms with van der Waals surface area (Å²) >= 11 is 6.24. The number of carboxylic acids is 1. The van der Waals surface area contributed by atoms with Crippen molar-refractivity contribution >= 4 is 40.1 Å². The molecule has 2 N–H and O–H groups in total. The van der Waals surface area contributed by atoms with Gasteiger partial charge in [0, 0.05) is 40.8 Å². The Balaban J connectivity index is 1.69. The molecule has 4 aromatic rings. The fourth-order valence-electron chi connectivity index (χ4n) is 5.26. The number of fused-ring (bicyclic) bond motifs is 1. The molecule has 9 nitrogen and oxygen atoms in total. The van der Waals surface area contributed by atoms with Gasteiger partial charge in [0.2, 0.25) is 5.91 Å². The fraction of sp³-hybridized carbons (Fsp3) is 0.226. The average molecular weight is 574 g/mol. The Labute approximate surface area is 241 Å². The summed E-state index contributed by atoms with van der Waals surface area (Å²) in [5, 5.41) is 16.4. The van der Waals surface area contributed by atoms with Gasteiger partial charge in [-0.05, 0) is 30.2 Å². The topological polar surface area (TPSA) is 121 Å². The third-order valence-electron chi connectivity index (χ3n) is 7.07. The predicted molar refractivity (Wildman–Crippen MR) is 157 cm³/mol. The van der Waals surface area contributed by atoms with Gasteiger partial charge in [-0.2, -0.15) is 5.10 Å². The largest absolute Gasteiger partial charge is 0.493 e. The third-order valence-corrected chi connectivity index (χ3v) is 7.30. The van der Waals surface area contributed by atoms with Crippen LogP contribution in [0.1, 0.15) is 42.9 Å². The van der Waals surface area contributed by atoms with E-state index in [1.165, 1.54) is 19.2 Å². The van der Waals surface area contributed by atoms with Crippen LogP contribution >= 0.6 is 11.6 Å². The van der Waals surface area contributed by atoms with E-state index < -0.39 is 12.0 Å². The number of benzene rings is 3. The highest BCUT2D eigenvalue weighted by atomic mass is 35.5. The number of ether oxygens (including phenoxy) is 2. The summed E-state index contributed by atoms with van der Waals surface area (Å²) in [6.45, 7) is 0. The molecule has 1 aliphatic rings. The second kappa shape index (κ2) is 11.9. The maximum atomic E-state index is 13.7. The van der Waals surface area contributed by atoms with Gasteiger partial charge in [-0.15, -0.1) is 0 Å². The zero-order valence-corrected chi connectivity index (χ0v) is 23.3. The smallest absolute Gasteiger partial charge is 0.303 e. The van der Waals surface area contributed by atoms with E-state index in [0.29, 0.717) is 44.4 Å². The number of nitrogens with zero attached hydrogens (tertiary/aromatic N) is 2. The summed E-state index contributed by atoms with van der Waals surface area (Å²) in [5.41, 5.74) is 3.12. The molecule has 0 aliphatic carbocycles. The standard InChI is InChI=1S/C31H28ClN3O6/c1-40-25-11-6-10-21(30(25)41-2)24-17-23(34-35(24)26(36)12-7-13-27(37)38)29-28(18-8-4-3-5-9-18)20-15-14-19(32)16-22(20)33-31(29)39/h3-6,8-11,14-16,24H,7,12-13,17H2,1-2H3,(H,33,39)(H,37,38). The van der Waals surface area contributed by atoms with E-state index in [-0.39, 0.29) is 37.1 Å². The van der Waals surface area contributed by atoms with E-state index in [2.05, 4.69) is 4.98 Å². The number of aromatic nitrogens is 1. The van der Waals surface area contributed by atoms with Gasteiger partial charge >= 0.3 is 5.97 Å². The molecular weight excluding hydrogens is 546 g/mol. The Hall–Kier alpha value is -4.63. The van der Waals surface area contributed by atoms with E-state index in [1.54, 1.807) is 24.3 Å². The van der Waals surface area contributed by atoms with Gasteiger partial charge in [-0.3, -0.25) is 14.4 Å². The van der Waals surface area contributed by atoms with Crippen molar-refractivity contribution in [2.45, 2.75) is 31.7 Å². The number of rotatable bonds is 9. The molecule has 210 valence electrons. The Kier molecular flexibility index (Phi) is 8.07. The van der Waals surface area contributed by atoms with Crippen molar-refractivity contribution in [1.82, 2.24) is 9.99 Å². The molecule has 0 radical (unpaired) electrons. The van der Waals surface area contributed by atoms with Gasteiger partial charge < -0.3 is 19.6 Å². The van der Waals surface area contributed by atoms with Crippen LogP contribution in [0, 0.1) is 0 Å². The van der Waals surface area contributed by atoms with Gasteiger partial charge in [-0.1, -0.05) is 60.1 Å². The molecule has 1 amide bonds. The van der Waals surface area contributed by atoms with Crippen LogP contribution in [0.3, 0.4) is 0 Å². The summed E-state index contributed by atoms with van der Waals surface area (Å²) in [5.74, 6) is -0.404. The summed E-state index contributed by atoms with van der Waals surface area (Å²) in [7, 11) is 3.05. The Morgan fingerprint density at radius 2 is 1.80 bits per heavy atom. The van der Waals surface area contributed by atoms with E-state index >= 15 is 0 Å². The van der Waals surface area contributed by atoms with Gasteiger partial charge in [0.1, 0.15) is 0 Å². The van der Waals surface area contributed by atoms with Crippen molar-refractivity contribution in [3.8, 4) is 22.6 Å². The minimum atomic E-state index is -0.982. The van der Waals surface area contributed by atoms with Crippen molar-refractivity contribution < 1.29 is 24.2 Å². The number of pyridine rings is 1. The number of aromatic amines is 1. The van der Waals surface area contributed by atoms with Crippen LogP contribution in [0.5, 0.6) is 11.5 Å². The number of carbonyl (C=O) groups excluding carboxylic acids is 1. The Morgan fingerprint density at radius 1 is 1.02 bits per heavy atom. The monoisotopic (exact) mass is 573 g/mol. The van der Waals surface area contributed by atoms with Crippen LogP contribution in [0.4, 0.5) is 0 Å². The summed E-state index contributed by atoms with van der Waals surface area (Å²) < 4.78 is 11.2. The molecule has 0 fully saturated rings. The number of halogens is 1. The number of nitrogens with one attached hydrogen (secondary N) is 1. The van der Waals surface area contributed by atoms with Crippen LogP contribution in [0.15, 0.2) is 76.6 Å². The molecule has 0 bridgehead atoms. The van der Waals surface area contributed by atoms with E-state index in [4.69, 9.17) is 31.3 Å². The SMILES string of the molecule is COc1cccc(C2CC(c3c(-c4ccccc4)c4ccc(Cl)cc4[nH]c3=O)=NN2C(=O)CCCC(=O)O)c1OC. The molecular formula is C31H28ClN3O6. The minimum absolute atomic E-state index is 0.0238. The number of carbonyl (C=O) groups is 2. The van der Waals surface area contributed by atoms with Crippen LogP contribution in [-0.2, 0) is 9.59 Å². The maximum Gasteiger partial charge on any atom is 0.303 e. The Bertz CT molecular complexity index is 1720. The quantitative estimate of drug-likeness (QED) is 0.261. The molecule has 2 heterocycles. The number of H-pyrrole nitrogens is 1. The maximum absolute atomic E-state index is 13.7. The first kappa shape index (κ1) is 27.9. The first-order valence-electron chi connectivity index (χ1n) is 13.1. The number of methoxy groups -OCH3 is 2. The highest BCUT2D eigenvalue weighted by molar-refractivity contribution is 6.31. The van der Waals surface area contributed by atoms with Gasteiger partial charge in [-0.25, -0.2) is 5.01 Å². The fourth-order valence-corrected chi connectivity index (χ4v) is 5.44. The number of hydrogen-bond acceptors (Lipinski definition) is 6. The molecule has 1 atom stereocenters. The lowest BCUT2D eigenvalue weighted by Crippen LogP contribution is -2.27. The van der Waals surface area contributed by atoms with Gasteiger partial charge in [0.25, 0.3) is 5.56 Å². The molecule has 3 aromatic carbocycles. The minimum Gasteiger partial charge on any atom is -0.493 e. The number of aliphatic carboxylic acids is 1. The van der Waals surface area contributed by atoms with Gasteiger partial charge in [0.05, 0.1) is 37.1 Å². The van der Waals surface area contributed by atoms with Crippen molar-refractivity contribution in [3.05, 3.63) is 93.2 Å². The third kappa shape index (κ3) is 5.53. The van der Waals surface area contributed by atoms with Crippen LogP contribution < -0.4 is 15.0 Å². The van der Waals surface area contributed by atoms with Crippen LogP contribution in [-0.4, -0.2) is 46.9 Å². The molecule has 1 unspecified atom stereocenters. The van der Waals surface area contributed by atoms with Gasteiger partial charge in [0.15, 0.2) is 11.5 Å². The van der Waals surface area contributed by atoms with Crippen molar-refractivity contribution in [2.75, 3.05) is 14.2 Å². The molecule has 41 heavy (non-hydrogen) atoms. The van der Waals surface area contributed by atoms with Crippen molar-refractivity contribution in [1.29, 1.82) is 0 Å². The lowest BCUT2D eigenvalue weighted by atomic mass is 9.90. The second-order valence-electron chi connectivity index (χ2n) is 9.60. The summed E-state index contributed by atoms with van der Waals surface area (Å²) in [6, 6.07) is 19.6. The molecule has 5 rings (SSSR count). The number of carboxylic acid groups (broad SMARTS) is 1. The van der Waals surface area contributed by atoms with E-state index in [0.717, 1.165) is 10.9 Å². The molecule has 0 saturated carbocycles. The van der Waals surface area contributed by atoms with E-state index in [9.17, 15) is 14.4 Å². The lowest BCUT2D eigenvalue weighted by molar-refractivity contribution is -0.137. The van der Waals surface area contributed by atoms with Crippen LogP contribution in [0.25, 0.3) is 22.0 Å². The average Bonchev–Trinajstić information content (AvgIpc) is 3.41. The number of para-hydroxylation sites is 1. The molecule has 0 saturated heterocycles. The Morgan fingerprint density at radius 3 is 2.51 bits per heavy atom. The highest BCUT2D eigenvalue weighted by Gasteiger charge is 2.37. The molecule has 1 aliphatic heterocycles. The van der Waals surface area contributed by atoms with Crippen molar-refractivity contribution in [2.24, 2.45) is 5.10 Å². The first-order valence-corrected chi connectivity index (χ1v) is 13.4. The number of hydrogen-bond donors (Lipinski definition) is 2. The summed E-state index contributed by atoms with van der Waals surface area (Å²) in [4.78, 5) is 41.2. The predicted octanol–water partition coefficient (Wildman–Crippen LogP) is 5.80. The van der Waals surface area contributed by atoms with Crippen LogP contribution in [0.2, 0.25) is 5.02 Å². The molecule has 0 spiro atoms. The number of hydrazone groups is 1. The zero-order valence-electron chi connectivity index (χ0n) is 22.5. The first-order chi connectivity index (χ1) is 19.8. The van der Waals surface area contributed by atoms with E-state index in [1.807, 2.05) is 42.5 Å². The lowest BCUT2D eigenvalue weighted by Gasteiger charge is -2.24. The molecule has 10 heteroatoms. The van der Waals surface area contributed by atoms with Crippen molar-refractivity contribution in [3.63, 3.8) is 0 Å². The number of amides is 1. The highest BCUT2D eigenvalue weighted by Crippen LogP contribution is 2.43. The second-order valence-corrected chi connectivity index (χ2v) is 10.0.